The van der Waals surface area contributed by atoms with Crippen LogP contribution < -0.4 is 5.32 Å². The molecular weight excluding hydrogens is 290 g/mol. The van der Waals surface area contributed by atoms with Crippen molar-refractivity contribution in [2.45, 2.75) is 12.1 Å². The van der Waals surface area contributed by atoms with Gasteiger partial charge in [-0.25, -0.2) is 4.79 Å². The number of carboxylic acid groups (broad SMARTS) is 1. The second-order valence-corrected chi connectivity index (χ2v) is 5.46. The molecule has 0 spiro atoms. The monoisotopic (exact) mass is 303 g/mol. The largest absolute Gasteiger partial charge is 0.480 e. The number of amides is 1. The third-order valence-corrected chi connectivity index (χ3v) is 3.11. The van der Waals surface area contributed by atoms with Crippen LogP contribution in [0.4, 0.5) is 0 Å². The van der Waals surface area contributed by atoms with Crippen molar-refractivity contribution >= 4 is 22.0 Å². The fraction of sp³-hybridized carbons (Fsp3) is 0.273. The van der Waals surface area contributed by atoms with E-state index in [1.165, 1.54) is 12.1 Å². The van der Waals surface area contributed by atoms with Crippen molar-refractivity contribution in [3.05, 3.63) is 35.9 Å². The van der Waals surface area contributed by atoms with E-state index in [0.717, 1.165) is 0 Å². The van der Waals surface area contributed by atoms with Gasteiger partial charge in [0.1, 0.15) is 11.8 Å². The van der Waals surface area contributed by atoms with E-state index >= 15 is 0 Å². The summed E-state index contributed by atoms with van der Waals surface area (Å²) < 4.78 is 29.9. The quantitative estimate of drug-likeness (QED) is 0.503. The van der Waals surface area contributed by atoms with E-state index in [1.54, 1.807) is 18.2 Å². The van der Waals surface area contributed by atoms with Gasteiger partial charge in [-0.05, 0) is 5.56 Å². The number of hydrogen-bond donors (Lipinski definition) is 4. The summed E-state index contributed by atoms with van der Waals surface area (Å²) in [6, 6.07) is 5.84. The first-order chi connectivity index (χ1) is 9.20. The Morgan fingerprint density at radius 2 is 1.75 bits per heavy atom. The van der Waals surface area contributed by atoms with Crippen molar-refractivity contribution in [2.75, 3.05) is 5.75 Å². The topological polar surface area (TPSA) is 141 Å². The average Bonchev–Trinajstić information content (AvgIpc) is 2.36. The van der Waals surface area contributed by atoms with Gasteiger partial charge in [-0.15, -0.1) is 0 Å². The molecule has 1 amide bonds. The molecule has 4 N–H and O–H groups in total. The smallest absolute Gasteiger partial charge is 0.327 e. The van der Waals surface area contributed by atoms with E-state index < -0.39 is 39.9 Å². The second-order valence-electron chi connectivity index (χ2n) is 3.96. The molecule has 0 saturated heterocycles. The number of carbonyl (C=O) groups excluding carboxylic acids is 1. The molecule has 8 nitrogen and oxygen atoms in total. The summed E-state index contributed by atoms with van der Waals surface area (Å²) in [4.78, 5) is 22.4. The summed E-state index contributed by atoms with van der Waals surface area (Å²) in [6.07, 6.45) is -1.64. The van der Waals surface area contributed by atoms with E-state index in [9.17, 15) is 23.1 Å². The zero-order chi connectivity index (χ0) is 15.3. The second kappa shape index (κ2) is 6.46. The Hall–Kier alpha value is -1.97. The summed E-state index contributed by atoms with van der Waals surface area (Å²) in [5.74, 6) is -3.90. The minimum absolute atomic E-state index is 0.223. The van der Waals surface area contributed by atoms with E-state index in [1.807, 2.05) is 5.32 Å². The van der Waals surface area contributed by atoms with Gasteiger partial charge < -0.3 is 15.5 Å². The van der Waals surface area contributed by atoms with Crippen LogP contribution in [-0.4, -0.2) is 46.9 Å². The molecule has 0 radical (unpaired) electrons. The number of rotatable bonds is 6. The van der Waals surface area contributed by atoms with E-state index in [-0.39, 0.29) is 5.56 Å². The highest BCUT2D eigenvalue weighted by molar-refractivity contribution is 7.85. The summed E-state index contributed by atoms with van der Waals surface area (Å²) in [5, 5.41) is 20.3. The lowest BCUT2D eigenvalue weighted by Crippen LogP contribution is -2.47. The van der Waals surface area contributed by atoms with Gasteiger partial charge in [0.2, 0.25) is 0 Å². The highest BCUT2D eigenvalue weighted by Gasteiger charge is 2.28. The highest BCUT2D eigenvalue weighted by atomic mass is 32.2. The Bertz CT molecular complexity index is 584. The maximum atomic E-state index is 11.6. The maximum absolute atomic E-state index is 11.6. The Labute approximate surface area is 114 Å². The summed E-state index contributed by atoms with van der Waals surface area (Å²) in [7, 11) is -4.58. The third-order valence-electron chi connectivity index (χ3n) is 2.36. The lowest BCUT2D eigenvalue weighted by molar-refractivity contribution is -0.142. The molecule has 0 bridgehead atoms. The molecule has 1 aromatic carbocycles. The van der Waals surface area contributed by atoms with Gasteiger partial charge in [0, 0.05) is 0 Å². The summed E-state index contributed by atoms with van der Waals surface area (Å²) in [5.41, 5.74) is 0.223. The molecule has 0 heterocycles. The molecule has 0 fully saturated rings. The Morgan fingerprint density at radius 3 is 2.20 bits per heavy atom. The van der Waals surface area contributed by atoms with E-state index in [4.69, 9.17) is 9.66 Å². The molecule has 0 saturated carbocycles. The number of carboxylic acids is 1. The van der Waals surface area contributed by atoms with Crippen molar-refractivity contribution < 1.29 is 32.8 Å². The van der Waals surface area contributed by atoms with Crippen LogP contribution in [0.2, 0.25) is 0 Å². The van der Waals surface area contributed by atoms with E-state index in [2.05, 4.69) is 0 Å². The lowest BCUT2D eigenvalue weighted by Gasteiger charge is -2.16. The first-order valence-corrected chi connectivity index (χ1v) is 7.03. The van der Waals surface area contributed by atoms with Crippen LogP contribution in [0.25, 0.3) is 0 Å². The molecule has 0 aliphatic carbocycles. The third kappa shape index (κ3) is 4.96. The average molecular weight is 303 g/mol. The van der Waals surface area contributed by atoms with Gasteiger partial charge in [0.25, 0.3) is 16.0 Å². The van der Waals surface area contributed by atoms with Crippen molar-refractivity contribution in [2.24, 2.45) is 0 Å². The molecule has 1 aromatic rings. The number of aliphatic carboxylic acids is 1. The predicted molar refractivity (Wildman–Crippen MR) is 67.4 cm³/mol. The van der Waals surface area contributed by atoms with Crippen molar-refractivity contribution in [3.8, 4) is 0 Å². The van der Waals surface area contributed by atoms with Crippen LogP contribution in [0.1, 0.15) is 11.7 Å². The Balaban J connectivity index is 2.79. The molecule has 9 heteroatoms. The molecular formula is C11H13NO7S. The van der Waals surface area contributed by atoms with Gasteiger partial charge in [-0.1, -0.05) is 30.3 Å². The fourth-order valence-corrected chi connectivity index (χ4v) is 2.07. The molecule has 110 valence electrons. The Morgan fingerprint density at radius 1 is 1.20 bits per heavy atom. The number of hydrogen-bond acceptors (Lipinski definition) is 5. The van der Waals surface area contributed by atoms with Crippen LogP contribution in [0.5, 0.6) is 0 Å². The van der Waals surface area contributed by atoms with Gasteiger partial charge in [-0.2, -0.15) is 8.42 Å². The van der Waals surface area contributed by atoms with Crippen molar-refractivity contribution in [1.82, 2.24) is 5.32 Å². The van der Waals surface area contributed by atoms with Crippen LogP contribution in [0, 0.1) is 0 Å². The van der Waals surface area contributed by atoms with E-state index in [0.29, 0.717) is 0 Å². The number of carbonyl (C=O) groups is 2. The maximum Gasteiger partial charge on any atom is 0.327 e. The summed E-state index contributed by atoms with van der Waals surface area (Å²) in [6.45, 7) is 0. The van der Waals surface area contributed by atoms with Gasteiger partial charge in [0.05, 0.1) is 0 Å². The first-order valence-electron chi connectivity index (χ1n) is 5.42. The zero-order valence-corrected chi connectivity index (χ0v) is 10.9. The molecule has 1 rings (SSSR count). The molecule has 0 aromatic heterocycles. The fourth-order valence-electron chi connectivity index (χ4n) is 1.42. The van der Waals surface area contributed by atoms with Crippen LogP contribution in [0.15, 0.2) is 30.3 Å². The number of benzene rings is 1. The lowest BCUT2D eigenvalue weighted by atomic mass is 10.1. The van der Waals surface area contributed by atoms with Crippen molar-refractivity contribution in [3.63, 3.8) is 0 Å². The normalized spacial score (nSPS) is 14.3. The van der Waals surface area contributed by atoms with Crippen LogP contribution in [-0.2, 0) is 19.7 Å². The Kier molecular flexibility index (Phi) is 5.19. The SMILES string of the molecule is O=C(N[C@@H](CS(=O)(=O)O)C(=O)O)C(O)c1ccccc1. The molecule has 2 atom stereocenters. The molecule has 1 unspecified atom stereocenters. The first kappa shape index (κ1) is 16.1. The summed E-state index contributed by atoms with van der Waals surface area (Å²) >= 11 is 0. The van der Waals surface area contributed by atoms with Gasteiger partial charge in [0.15, 0.2) is 6.10 Å². The molecule has 0 aliphatic rings. The standard InChI is InChI=1S/C11H13NO7S/c13-9(7-4-2-1-3-5-7)10(14)12-8(11(15)16)6-20(17,18)19/h1-5,8-9,13H,6H2,(H,12,14)(H,15,16)(H,17,18,19)/t8-,9?/m0/s1. The zero-order valence-electron chi connectivity index (χ0n) is 10.1. The highest BCUT2D eigenvalue weighted by Crippen LogP contribution is 2.12. The van der Waals surface area contributed by atoms with Gasteiger partial charge >= 0.3 is 5.97 Å². The predicted octanol–water partition coefficient (Wildman–Crippen LogP) is -0.823. The van der Waals surface area contributed by atoms with Crippen LogP contribution >= 0.6 is 0 Å². The number of aliphatic hydroxyl groups excluding tert-OH is 1. The minimum atomic E-state index is -4.58. The molecule has 20 heavy (non-hydrogen) atoms. The minimum Gasteiger partial charge on any atom is -0.480 e. The molecule has 0 aliphatic heterocycles. The number of nitrogens with one attached hydrogen (secondary N) is 1. The van der Waals surface area contributed by atoms with Crippen LogP contribution in [0.3, 0.4) is 0 Å². The number of aliphatic hydroxyl groups is 1. The van der Waals surface area contributed by atoms with Gasteiger partial charge in [-0.3, -0.25) is 9.35 Å². The van der Waals surface area contributed by atoms with Crippen molar-refractivity contribution in [1.29, 1.82) is 0 Å².